The summed E-state index contributed by atoms with van der Waals surface area (Å²) in [6.07, 6.45) is 3.98. The number of rotatable bonds is 5. The summed E-state index contributed by atoms with van der Waals surface area (Å²) in [4.78, 5) is 0. The van der Waals surface area contributed by atoms with E-state index in [0.29, 0.717) is 11.5 Å². The first-order valence-corrected chi connectivity index (χ1v) is 7.77. The Labute approximate surface area is 93.6 Å². The van der Waals surface area contributed by atoms with E-state index < -0.39 is 9.84 Å². The van der Waals surface area contributed by atoms with Crippen LogP contribution in [0.1, 0.15) is 46.5 Å². The Kier molecular flexibility index (Phi) is 4.18. The molecule has 15 heavy (non-hydrogen) atoms. The highest BCUT2D eigenvalue weighted by Gasteiger charge is 2.33. The fraction of sp³-hybridized carbons (Fsp3) is 1.00. The molecule has 0 aromatic rings. The van der Waals surface area contributed by atoms with Crippen molar-refractivity contribution in [3.05, 3.63) is 0 Å². The van der Waals surface area contributed by atoms with Crippen molar-refractivity contribution >= 4 is 9.84 Å². The van der Waals surface area contributed by atoms with Crippen LogP contribution in [0.25, 0.3) is 0 Å². The second kappa shape index (κ2) is 4.83. The molecular weight excluding hydrogens is 210 g/mol. The Balaban J connectivity index is 2.61. The van der Waals surface area contributed by atoms with Gasteiger partial charge in [-0.2, -0.15) is 0 Å². The van der Waals surface area contributed by atoms with Gasteiger partial charge < -0.3 is 5.32 Å². The highest BCUT2D eigenvalue weighted by Crippen LogP contribution is 2.23. The molecule has 0 radical (unpaired) electrons. The van der Waals surface area contributed by atoms with E-state index in [-0.39, 0.29) is 11.6 Å². The molecule has 1 unspecified atom stereocenters. The summed E-state index contributed by atoms with van der Waals surface area (Å²) in [5, 5.41) is 3.55. The molecule has 1 rings (SSSR count). The number of hydrogen-bond acceptors (Lipinski definition) is 3. The lowest BCUT2D eigenvalue weighted by atomic mass is 9.89. The zero-order valence-electron chi connectivity index (χ0n) is 10.0. The minimum atomic E-state index is -2.76. The van der Waals surface area contributed by atoms with Gasteiger partial charge >= 0.3 is 0 Å². The van der Waals surface area contributed by atoms with E-state index in [1.54, 1.807) is 0 Å². The Morgan fingerprint density at radius 1 is 1.20 bits per heavy atom. The third-order valence-corrected chi connectivity index (χ3v) is 5.54. The topological polar surface area (TPSA) is 46.2 Å². The summed E-state index contributed by atoms with van der Waals surface area (Å²) in [6.45, 7) is 6.51. The first kappa shape index (κ1) is 13.0. The van der Waals surface area contributed by atoms with Crippen molar-refractivity contribution in [2.75, 3.05) is 11.5 Å². The van der Waals surface area contributed by atoms with Gasteiger partial charge in [-0.15, -0.1) is 0 Å². The Bertz CT molecular complexity index is 285. The number of hydrogen-bond donors (Lipinski definition) is 1. The average molecular weight is 233 g/mol. The van der Waals surface area contributed by atoms with Gasteiger partial charge in [0.25, 0.3) is 0 Å². The molecule has 0 amide bonds. The second-order valence-corrected chi connectivity index (χ2v) is 6.81. The maximum atomic E-state index is 11.4. The Morgan fingerprint density at radius 3 is 2.07 bits per heavy atom. The van der Waals surface area contributed by atoms with Crippen molar-refractivity contribution in [2.45, 2.75) is 58.0 Å². The van der Waals surface area contributed by atoms with Crippen molar-refractivity contribution in [1.82, 2.24) is 5.32 Å². The largest absolute Gasteiger partial charge is 0.307 e. The highest BCUT2D eigenvalue weighted by molar-refractivity contribution is 7.91. The standard InChI is InChI=1S/C11H23NO2S/c1-4-11(5-2,6-3)12-10-7-8-15(13,14)9-10/h10,12H,4-9H2,1-3H3. The molecule has 1 saturated heterocycles. The summed E-state index contributed by atoms with van der Waals surface area (Å²) in [7, 11) is -2.76. The van der Waals surface area contributed by atoms with Crippen molar-refractivity contribution < 1.29 is 8.42 Å². The molecule has 0 aromatic heterocycles. The summed E-state index contributed by atoms with van der Waals surface area (Å²) >= 11 is 0. The zero-order valence-corrected chi connectivity index (χ0v) is 10.9. The molecule has 4 heteroatoms. The summed E-state index contributed by atoms with van der Waals surface area (Å²) in [5.74, 6) is 0.687. The fourth-order valence-electron chi connectivity index (χ4n) is 2.40. The van der Waals surface area contributed by atoms with Gasteiger partial charge in [0.15, 0.2) is 9.84 Å². The molecule has 0 bridgehead atoms. The van der Waals surface area contributed by atoms with Crippen molar-refractivity contribution in [3.63, 3.8) is 0 Å². The van der Waals surface area contributed by atoms with Crippen LogP contribution in [0.15, 0.2) is 0 Å². The van der Waals surface area contributed by atoms with Crippen LogP contribution >= 0.6 is 0 Å². The lowest BCUT2D eigenvalue weighted by Crippen LogP contribution is -2.49. The van der Waals surface area contributed by atoms with E-state index in [4.69, 9.17) is 0 Å². The van der Waals surface area contributed by atoms with Gasteiger partial charge in [-0.1, -0.05) is 20.8 Å². The summed E-state index contributed by atoms with van der Waals surface area (Å²) < 4.78 is 22.7. The molecule has 1 atom stereocenters. The van der Waals surface area contributed by atoms with Crippen LogP contribution in [-0.4, -0.2) is 31.5 Å². The van der Waals surface area contributed by atoms with Gasteiger partial charge in [0.05, 0.1) is 11.5 Å². The molecule has 1 heterocycles. The van der Waals surface area contributed by atoms with Crippen LogP contribution < -0.4 is 5.32 Å². The van der Waals surface area contributed by atoms with Crippen molar-refractivity contribution in [2.24, 2.45) is 0 Å². The number of nitrogens with one attached hydrogen (secondary N) is 1. The van der Waals surface area contributed by atoms with Gasteiger partial charge in [0.1, 0.15) is 0 Å². The summed E-state index contributed by atoms with van der Waals surface area (Å²) in [5.41, 5.74) is 0.143. The molecule has 1 aliphatic rings. The molecule has 0 aromatic carbocycles. The van der Waals surface area contributed by atoms with Gasteiger partial charge in [-0.25, -0.2) is 8.42 Å². The van der Waals surface area contributed by atoms with Crippen LogP contribution in [0.4, 0.5) is 0 Å². The Hall–Kier alpha value is -0.0900. The molecule has 1 fully saturated rings. The van der Waals surface area contributed by atoms with Gasteiger partial charge in [-0.3, -0.25) is 0 Å². The van der Waals surface area contributed by atoms with Crippen LogP contribution in [-0.2, 0) is 9.84 Å². The van der Waals surface area contributed by atoms with Crippen LogP contribution in [0, 0.1) is 0 Å². The second-order valence-electron chi connectivity index (χ2n) is 4.59. The molecule has 0 spiro atoms. The van der Waals surface area contributed by atoms with Crippen LogP contribution in [0.2, 0.25) is 0 Å². The maximum Gasteiger partial charge on any atom is 0.151 e. The van der Waals surface area contributed by atoms with Crippen LogP contribution in [0.5, 0.6) is 0 Å². The molecule has 3 nitrogen and oxygen atoms in total. The predicted octanol–water partition coefficient (Wildman–Crippen LogP) is 1.73. The minimum absolute atomic E-state index is 0.143. The predicted molar refractivity (Wildman–Crippen MR) is 63.8 cm³/mol. The van der Waals surface area contributed by atoms with E-state index in [1.165, 1.54) is 0 Å². The first-order chi connectivity index (χ1) is 6.97. The SMILES string of the molecule is CCC(CC)(CC)NC1CCS(=O)(=O)C1. The number of sulfone groups is 1. The normalized spacial score (nSPS) is 25.7. The zero-order chi connectivity index (χ0) is 11.5. The third-order valence-electron chi connectivity index (χ3n) is 3.77. The molecule has 1 N–H and O–H groups in total. The lowest BCUT2D eigenvalue weighted by molar-refractivity contribution is 0.263. The first-order valence-electron chi connectivity index (χ1n) is 5.95. The summed E-state index contributed by atoms with van der Waals surface area (Å²) in [6, 6.07) is 0.176. The molecule has 0 aliphatic carbocycles. The molecular formula is C11H23NO2S. The van der Waals surface area contributed by atoms with Gasteiger partial charge in [0, 0.05) is 11.6 Å². The van der Waals surface area contributed by atoms with Crippen LogP contribution in [0.3, 0.4) is 0 Å². The van der Waals surface area contributed by atoms with E-state index in [9.17, 15) is 8.42 Å². The van der Waals surface area contributed by atoms with E-state index in [0.717, 1.165) is 25.7 Å². The Morgan fingerprint density at radius 2 is 1.73 bits per heavy atom. The quantitative estimate of drug-likeness (QED) is 0.786. The van der Waals surface area contributed by atoms with Crippen molar-refractivity contribution in [1.29, 1.82) is 0 Å². The smallest absolute Gasteiger partial charge is 0.151 e. The van der Waals surface area contributed by atoms with E-state index in [2.05, 4.69) is 26.1 Å². The minimum Gasteiger partial charge on any atom is -0.307 e. The van der Waals surface area contributed by atoms with Gasteiger partial charge in [0.2, 0.25) is 0 Å². The molecule has 90 valence electrons. The fourth-order valence-corrected chi connectivity index (χ4v) is 4.07. The third kappa shape index (κ3) is 3.18. The molecule has 1 aliphatic heterocycles. The molecule has 0 saturated carbocycles. The monoisotopic (exact) mass is 233 g/mol. The average Bonchev–Trinajstić information content (AvgIpc) is 2.55. The van der Waals surface area contributed by atoms with E-state index in [1.807, 2.05) is 0 Å². The maximum absolute atomic E-state index is 11.4. The lowest BCUT2D eigenvalue weighted by Gasteiger charge is -2.34. The van der Waals surface area contributed by atoms with Gasteiger partial charge in [-0.05, 0) is 25.7 Å². The van der Waals surface area contributed by atoms with Crippen molar-refractivity contribution in [3.8, 4) is 0 Å². The van der Waals surface area contributed by atoms with E-state index >= 15 is 0 Å². The highest BCUT2D eigenvalue weighted by atomic mass is 32.2.